The highest BCUT2D eigenvalue weighted by Gasteiger charge is 2.17. The Morgan fingerprint density at radius 2 is 2.26 bits per heavy atom. The molecule has 19 heavy (non-hydrogen) atoms. The molecule has 1 aromatic carbocycles. The standard InChI is InChI=1S/C12H16BrN5O/c1-3-9(7-19-2)18-12(15-16-17-18)8-4-5-10(13)11(14)6-8/h4-6,9H,3,7,14H2,1-2H3. The predicted octanol–water partition coefficient (Wildman–Crippen LogP) is 2.28. The number of benzene rings is 1. The zero-order chi connectivity index (χ0) is 13.8. The van der Waals surface area contributed by atoms with Gasteiger partial charge in [0.05, 0.1) is 12.6 Å². The molecule has 1 heterocycles. The van der Waals surface area contributed by atoms with Crippen LogP contribution in [0.4, 0.5) is 5.69 Å². The molecule has 1 atom stereocenters. The normalized spacial score (nSPS) is 12.6. The van der Waals surface area contributed by atoms with Crippen LogP contribution in [0.5, 0.6) is 0 Å². The minimum Gasteiger partial charge on any atom is -0.398 e. The lowest BCUT2D eigenvalue weighted by Crippen LogP contribution is -2.16. The summed E-state index contributed by atoms with van der Waals surface area (Å²) in [6.45, 7) is 2.64. The third-order valence-corrected chi connectivity index (χ3v) is 3.65. The fourth-order valence-corrected chi connectivity index (χ4v) is 2.11. The number of halogens is 1. The van der Waals surface area contributed by atoms with E-state index < -0.39 is 0 Å². The van der Waals surface area contributed by atoms with Crippen LogP contribution in [0, 0.1) is 0 Å². The number of hydrogen-bond acceptors (Lipinski definition) is 5. The van der Waals surface area contributed by atoms with Gasteiger partial charge in [-0.3, -0.25) is 0 Å². The zero-order valence-corrected chi connectivity index (χ0v) is 12.5. The van der Waals surface area contributed by atoms with Crippen molar-refractivity contribution in [3.63, 3.8) is 0 Å². The molecule has 0 fully saturated rings. The fourth-order valence-electron chi connectivity index (χ4n) is 1.87. The molecular formula is C12H16BrN5O. The Bertz CT molecular complexity index is 557. The molecule has 0 aliphatic carbocycles. The largest absolute Gasteiger partial charge is 0.398 e. The second-order valence-electron chi connectivity index (χ2n) is 4.20. The lowest BCUT2D eigenvalue weighted by Gasteiger charge is -2.15. The maximum atomic E-state index is 5.89. The highest BCUT2D eigenvalue weighted by atomic mass is 79.9. The third kappa shape index (κ3) is 2.93. The Morgan fingerprint density at radius 1 is 1.47 bits per heavy atom. The number of hydrogen-bond donors (Lipinski definition) is 1. The van der Waals surface area contributed by atoms with Crippen molar-refractivity contribution in [1.29, 1.82) is 0 Å². The van der Waals surface area contributed by atoms with Gasteiger partial charge in [0.2, 0.25) is 0 Å². The van der Waals surface area contributed by atoms with E-state index in [0.29, 0.717) is 18.1 Å². The van der Waals surface area contributed by atoms with Crippen molar-refractivity contribution in [1.82, 2.24) is 20.2 Å². The lowest BCUT2D eigenvalue weighted by molar-refractivity contribution is 0.147. The van der Waals surface area contributed by atoms with Gasteiger partial charge in [-0.15, -0.1) is 5.10 Å². The molecule has 102 valence electrons. The molecule has 0 aliphatic heterocycles. The molecule has 1 unspecified atom stereocenters. The first-order valence-corrected chi connectivity index (χ1v) is 6.78. The molecule has 6 nitrogen and oxygen atoms in total. The summed E-state index contributed by atoms with van der Waals surface area (Å²) in [5, 5.41) is 11.9. The average Bonchev–Trinajstić information content (AvgIpc) is 2.88. The van der Waals surface area contributed by atoms with Crippen LogP contribution >= 0.6 is 15.9 Å². The quantitative estimate of drug-likeness (QED) is 0.853. The number of anilines is 1. The number of nitrogens with zero attached hydrogens (tertiary/aromatic N) is 4. The Kier molecular flexibility index (Phi) is 4.49. The maximum absolute atomic E-state index is 5.89. The van der Waals surface area contributed by atoms with Crippen LogP contribution in [-0.4, -0.2) is 33.9 Å². The van der Waals surface area contributed by atoms with Crippen LogP contribution in [0.3, 0.4) is 0 Å². The first kappa shape index (κ1) is 14.0. The summed E-state index contributed by atoms with van der Waals surface area (Å²) in [5.74, 6) is 0.697. The summed E-state index contributed by atoms with van der Waals surface area (Å²) in [7, 11) is 1.67. The van der Waals surface area contributed by atoms with Crippen molar-refractivity contribution in [2.45, 2.75) is 19.4 Å². The SMILES string of the molecule is CCC(COC)n1nnnc1-c1ccc(Br)c(N)c1. The van der Waals surface area contributed by atoms with Crippen LogP contribution in [0.25, 0.3) is 11.4 Å². The number of aromatic nitrogens is 4. The minimum atomic E-state index is 0.111. The van der Waals surface area contributed by atoms with Crippen LogP contribution in [-0.2, 0) is 4.74 Å². The van der Waals surface area contributed by atoms with Gasteiger partial charge in [-0.1, -0.05) is 6.92 Å². The number of ether oxygens (including phenoxy) is 1. The second kappa shape index (κ2) is 6.12. The number of tetrazole rings is 1. The van der Waals surface area contributed by atoms with Crippen molar-refractivity contribution in [2.24, 2.45) is 0 Å². The molecule has 2 aromatic rings. The Hall–Kier alpha value is -1.47. The molecule has 0 spiro atoms. The molecule has 1 aromatic heterocycles. The van der Waals surface area contributed by atoms with E-state index in [-0.39, 0.29) is 6.04 Å². The molecule has 0 amide bonds. The van der Waals surface area contributed by atoms with Crippen molar-refractivity contribution in [3.05, 3.63) is 22.7 Å². The number of rotatable bonds is 5. The van der Waals surface area contributed by atoms with Crippen molar-refractivity contribution in [3.8, 4) is 11.4 Å². The minimum absolute atomic E-state index is 0.111. The molecule has 0 saturated carbocycles. The summed E-state index contributed by atoms with van der Waals surface area (Å²) < 4.78 is 7.85. The monoisotopic (exact) mass is 325 g/mol. The Balaban J connectivity index is 2.40. The van der Waals surface area contributed by atoms with E-state index in [1.54, 1.807) is 11.8 Å². The van der Waals surface area contributed by atoms with Crippen molar-refractivity contribution >= 4 is 21.6 Å². The van der Waals surface area contributed by atoms with Crippen molar-refractivity contribution < 1.29 is 4.74 Å². The topological polar surface area (TPSA) is 78.8 Å². The first-order valence-electron chi connectivity index (χ1n) is 5.99. The second-order valence-corrected chi connectivity index (χ2v) is 5.06. The molecule has 2 rings (SSSR count). The van der Waals surface area contributed by atoms with Gasteiger partial charge in [0.1, 0.15) is 0 Å². The van der Waals surface area contributed by atoms with Gasteiger partial charge < -0.3 is 10.5 Å². The number of nitrogens with two attached hydrogens (primary N) is 1. The third-order valence-electron chi connectivity index (χ3n) is 2.92. The van der Waals surface area contributed by atoms with Gasteiger partial charge in [0.25, 0.3) is 0 Å². The fraction of sp³-hybridized carbons (Fsp3) is 0.417. The highest BCUT2D eigenvalue weighted by molar-refractivity contribution is 9.10. The van der Waals surface area contributed by atoms with E-state index in [4.69, 9.17) is 10.5 Å². The molecule has 0 saturated heterocycles. The van der Waals surface area contributed by atoms with Crippen LogP contribution in [0.1, 0.15) is 19.4 Å². The summed E-state index contributed by atoms with van der Waals surface area (Å²) in [6.07, 6.45) is 0.887. The van der Waals surface area contributed by atoms with E-state index in [2.05, 4.69) is 38.4 Å². The zero-order valence-electron chi connectivity index (χ0n) is 10.9. The number of methoxy groups -OCH3 is 1. The average molecular weight is 326 g/mol. The van der Waals surface area contributed by atoms with Gasteiger partial charge in [0.15, 0.2) is 5.82 Å². The van der Waals surface area contributed by atoms with Crippen LogP contribution < -0.4 is 5.73 Å². The molecular weight excluding hydrogens is 310 g/mol. The molecule has 0 aliphatic rings. The van der Waals surface area contributed by atoms with Gasteiger partial charge in [-0.05, 0) is 51.0 Å². The highest BCUT2D eigenvalue weighted by Crippen LogP contribution is 2.27. The molecule has 0 radical (unpaired) electrons. The first-order chi connectivity index (χ1) is 9.17. The van der Waals surface area contributed by atoms with Crippen molar-refractivity contribution in [2.75, 3.05) is 19.5 Å². The molecule has 7 heteroatoms. The van der Waals surface area contributed by atoms with E-state index in [9.17, 15) is 0 Å². The van der Waals surface area contributed by atoms with E-state index in [1.165, 1.54) is 0 Å². The number of nitrogen functional groups attached to an aromatic ring is 1. The Labute approximate surface area is 120 Å². The summed E-state index contributed by atoms with van der Waals surface area (Å²) >= 11 is 3.38. The van der Waals surface area contributed by atoms with E-state index >= 15 is 0 Å². The van der Waals surface area contributed by atoms with E-state index in [1.807, 2.05) is 18.2 Å². The van der Waals surface area contributed by atoms with Gasteiger partial charge >= 0.3 is 0 Å². The summed E-state index contributed by atoms with van der Waals surface area (Å²) in [5.41, 5.74) is 7.44. The van der Waals surface area contributed by atoms with Crippen LogP contribution in [0.15, 0.2) is 22.7 Å². The van der Waals surface area contributed by atoms with Crippen LogP contribution in [0.2, 0.25) is 0 Å². The Morgan fingerprint density at radius 3 is 2.89 bits per heavy atom. The van der Waals surface area contributed by atoms with Gasteiger partial charge in [-0.2, -0.15) is 0 Å². The van der Waals surface area contributed by atoms with Gasteiger partial charge in [0, 0.05) is 22.8 Å². The molecule has 0 bridgehead atoms. The lowest BCUT2D eigenvalue weighted by atomic mass is 10.1. The van der Waals surface area contributed by atoms with E-state index in [0.717, 1.165) is 16.5 Å². The van der Waals surface area contributed by atoms with Gasteiger partial charge in [-0.25, -0.2) is 4.68 Å². The summed E-state index contributed by atoms with van der Waals surface area (Å²) in [6, 6.07) is 5.79. The smallest absolute Gasteiger partial charge is 0.182 e. The molecule has 2 N–H and O–H groups in total. The predicted molar refractivity (Wildman–Crippen MR) is 76.6 cm³/mol. The maximum Gasteiger partial charge on any atom is 0.182 e. The summed E-state index contributed by atoms with van der Waals surface area (Å²) in [4.78, 5) is 0.